The first kappa shape index (κ1) is 15.9. The largest absolute Gasteiger partial charge is 0.391 e. The van der Waals surface area contributed by atoms with Gasteiger partial charge in [-0.15, -0.1) is 0 Å². The van der Waals surface area contributed by atoms with Gasteiger partial charge in [-0.3, -0.25) is 4.79 Å². The highest BCUT2D eigenvalue weighted by Crippen LogP contribution is 2.19. The Morgan fingerprint density at radius 1 is 1.47 bits per heavy atom. The number of hydrogen-bond acceptors (Lipinski definition) is 2. The van der Waals surface area contributed by atoms with Gasteiger partial charge in [-0.25, -0.2) is 0 Å². The van der Waals surface area contributed by atoms with Crippen LogP contribution in [0.2, 0.25) is 0 Å². The van der Waals surface area contributed by atoms with Crippen LogP contribution in [0.15, 0.2) is 28.7 Å². The molecule has 0 aliphatic heterocycles. The van der Waals surface area contributed by atoms with Gasteiger partial charge in [0.2, 0.25) is 5.91 Å². The van der Waals surface area contributed by atoms with Crippen LogP contribution in [0, 0.1) is 12.8 Å². The molecule has 1 aromatic rings. The maximum absolute atomic E-state index is 11.6. The quantitative estimate of drug-likeness (QED) is 0.818. The zero-order chi connectivity index (χ0) is 14.4. The maximum Gasteiger partial charge on any atom is 0.244 e. The molecule has 1 rings (SSSR count). The number of aryl methyl sites for hydroxylation is 1. The van der Waals surface area contributed by atoms with E-state index in [-0.39, 0.29) is 18.4 Å². The lowest BCUT2D eigenvalue weighted by Gasteiger charge is -2.14. The zero-order valence-corrected chi connectivity index (χ0v) is 13.1. The predicted molar refractivity (Wildman–Crippen MR) is 81.8 cm³/mol. The molecule has 1 amide bonds. The number of benzene rings is 1. The van der Waals surface area contributed by atoms with Gasteiger partial charge < -0.3 is 10.4 Å². The van der Waals surface area contributed by atoms with Crippen LogP contribution in [0.5, 0.6) is 0 Å². The van der Waals surface area contributed by atoms with E-state index in [4.69, 9.17) is 0 Å². The second-order valence-electron chi connectivity index (χ2n) is 4.91. The maximum atomic E-state index is 11.6. The number of rotatable bonds is 5. The molecule has 0 radical (unpaired) electrons. The van der Waals surface area contributed by atoms with Crippen molar-refractivity contribution in [3.8, 4) is 0 Å². The summed E-state index contributed by atoms with van der Waals surface area (Å²) in [4.78, 5) is 11.6. The van der Waals surface area contributed by atoms with Gasteiger partial charge in [0.25, 0.3) is 0 Å². The lowest BCUT2D eigenvalue weighted by atomic mass is 10.1. The van der Waals surface area contributed by atoms with E-state index in [1.165, 1.54) is 6.08 Å². The summed E-state index contributed by atoms with van der Waals surface area (Å²) >= 11 is 3.46. The molecular formula is C15H20BrNO2. The topological polar surface area (TPSA) is 49.3 Å². The summed E-state index contributed by atoms with van der Waals surface area (Å²) in [5.74, 6) is -0.0669. The van der Waals surface area contributed by atoms with Crippen molar-refractivity contribution in [3.05, 3.63) is 39.9 Å². The van der Waals surface area contributed by atoms with Crippen molar-refractivity contribution in [2.45, 2.75) is 26.9 Å². The third kappa shape index (κ3) is 5.57. The molecule has 0 aromatic heterocycles. The van der Waals surface area contributed by atoms with Crippen LogP contribution in [-0.4, -0.2) is 23.7 Å². The fourth-order valence-corrected chi connectivity index (χ4v) is 2.06. The van der Waals surface area contributed by atoms with Crippen LogP contribution in [0.25, 0.3) is 6.08 Å². The SMILES string of the molecule is Cc1ccc(/C=C/C(=O)NCC(O)C(C)C)c(Br)c1. The number of aliphatic hydroxyl groups excluding tert-OH is 1. The van der Waals surface area contributed by atoms with Crippen molar-refractivity contribution in [2.75, 3.05) is 6.54 Å². The summed E-state index contributed by atoms with van der Waals surface area (Å²) < 4.78 is 0.957. The van der Waals surface area contributed by atoms with Crippen molar-refractivity contribution in [2.24, 2.45) is 5.92 Å². The van der Waals surface area contributed by atoms with Gasteiger partial charge in [0.1, 0.15) is 0 Å². The number of carbonyl (C=O) groups excluding carboxylic acids is 1. The standard InChI is InChI=1S/C15H20BrNO2/c1-10(2)14(18)9-17-15(19)7-6-12-5-4-11(3)8-13(12)16/h4-8,10,14,18H,9H2,1-3H3,(H,17,19)/b7-6+. The van der Waals surface area contributed by atoms with E-state index in [0.717, 1.165) is 15.6 Å². The molecule has 0 bridgehead atoms. The van der Waals surface area contributed by atoms with E-state index in [1.807, 2.05) is 39.0 Å². The van der Waals surface area contributed by atoms with Crippen molar-refractivity contribution in [1.82, 2.24) is 5.32 Å². The molecule has 0 spiro atoms. The normalized spacial score (nSPS) is 12.9. The smallest absolute Gasteiger partial charge is 0.244 e. The third-order valence-corrected chi connectivity index (χ3v) is 3.51. The Kier molecular flexibility index (Phi) is 6.25. The van der Waals surface area contributed by atoms with Gasteiger partial charge >= 0.3 is 0 Å². The lowest BCUT2D eigenvalue weighted by molar-refractivity contribution is -0.117. The number of carbonyl (C=O) groups is 1. The van der Waals surface area contributed by atoms with E-state index >= 15 is 0 Å². The Bertz CT molecular complexity index is 469. The highest BCUT2D eigenvalue weighted by atomic mass is 79.9. The first-order valence-corrected chi connectivity index (χ1v) is 7.09. The van der Waals surface area contributed by atoms with Gasteiger partial charge in [-0.05, 0) is 36.1 Å². The minimum atomic E-state index is -0.511. The summed E-state index contributed by atoms with van der Waals surface area (Å²) in [5, 5.41) is 12.3. The summed E-state index contributed by atoms with van der Waals surface area (Å²) in [5.41, 5.74) is 2.11. The highest BCUT2D eigenvalue weighted by Gasteiger charge is 2.09. The fraction of sp³-hybridized carbons (Fsp3) is 0.400. The van der Waals surface area contributed by atoms with Crippen LogP contribution in [0.1, 0.15) is 25.0 Å². The minimum Gasteiger partial charge on any atom is -0.391 e. The van der Waals surface area contributed by atoms with Crippen LogP contribution >= 0.6 is 15.9 Å². The molecule has 1 unspecified atom stereocenters. The molecule has 4 heteroatoms. The molecule has 0 aliphatic rings. The van der Waals surface area contributed by atoms with Crippen molar-refractivity contribution < 1.29 is 9.90 Å². The average Bonchev–Trinajstić information content (AvgIpc) is 2.34. The van der Waals surface area contributed by atoms with Gasteiger partial charge in [0.15, 0.2) is 0 Å². The highest BCUT2D eigenvalue weighted by molar-refractivity contribution is 9.10. The Hall–Kier alpha value is -1.13. The predicted octanol–water partition coefficient (Wildman–Crippen LogP) is 2.90. The number of halogens is 1. The fourth-order valence-electron chi connectivity index (χ4n) is 1.43. The molecule has 0 fully saturated rings. The molecule has 2 N–H and O–H groups in total. The Morgan fingerprint density at radius 3 is 2.74 bits per heavy atom. The van der Waals surface area contributed by atoms with Gasteiger partial charge in [-0.2, -0.15) is 0 Å². The van der Waals surface area contributed by atoms with E-state index in [9.17, 15) is 9.90 Å². The lowest BCUT2D eigenvalue weighted by Crippen LogP contribution is -2.33. The Labute approximate surface area is 122 Å². The Morgan fingerprint density at radius 2 is 2.16 bits per heavy atom. The zero-order valence-electron chi connectivity index (χ0n) is 11.5. The molecule has 104 valence electrons. The van der Waals surface area contributed by atoms with Crippen LogP contribution in [0.4, 0.5) is 0 Å². The molecule has 0 saturated heterocycles. The van der Waals surface area contributed by atoms with E-state index in [1.54, 1.807) is 6.08 Å². The van der Waals surface area contributed by atoms with E-state index in [2.05, 4.69) is 21.2 Å². The first-order valence-electron chi connectivity index (χ1n) is 6.30. The van der Waals surface area contributed by atoms with Crippen LogP contribution < -0.4 is 5.32 Å². The van der Waals surface area contributed by atoms with Gasteiger partial charge in [0.05, 0.1) is 6.10 Å². The summed E-state index contributed by atoms with van der Waals surface area (Å²) in [7, 11) is 0. The minimum absolute atomic E-state index is 0.135. The molecule has 3 nitrogen and oxygen atoms in total. The molecular weight excluding hydrogens is 306 g/mol. The van der Waals surface area contributed by atoms with E-state index < -0.39 is 6.10 Å². The molecule has 1 atom stereocenters. The van der Waals surface area contributed by atoms with Crippen molar-refractivity contribution in [1.29, 1.82) is 0 Å². The average molecular weight is 326 g/mol. The summed E-state index contributed by atoms with van der Waals surface area (Å²) in [6.07, 6.45) is 2.71. The number of aliphatic hydroxyl groups is 1. The van der Waals surface area contributed by atoms with Crippen molar-refractivity contribution in [3.63, 3.8) is 0 Å². The van der Waals surface area contributed by atoms with Gasteiger partial charge in [0, 0.05) is 17.1 Å². The first-order chi connectivity index (χ1) is 8.90. The molecule has 1 aromatic carbocycles. The number of amides is 1. The van der Waals surface area contributed by atoms with Crippen LogP contribution in [-0.2, 0) is 4.79 Å². The summed E-state index contributed by atoms with van der Waals surface area (Å²) in [6.45, 7) is 6.11. The molecule has 0 saturated carbocycles. The summed E-state index contributed by atoms with van der Waals surface area (Å²) in [6, 6.07) is 5.94. The number of nitrogens with one attached hydrogen (secondary N) is 1. The van der Waals surface area contributed by atoms with Crippen molar-refractivity contribution >= 4 is 27.9 Å². The second kappa shape index (κ2) is 7.46. The van der Waals surface area contributed by atoms with Gasteiger partial charge in [-0.1, -0.05) is 41.9 Å². The third-order valence-electron chi connectivity index (χ3n) is 2.83. The molecule has 0 aliphatic carbocycles. The molecule has 0 heterocycles. The second-order valence-corrected chi connectivity index (χ2v) is 5.77. The van der Waals surface area contributed by atoms with E-state index in [0.29, 0.717) is 0 Å². The monoisotopic (exact) mass is 325 g/mol. The van der Waals surface area contributed by atoms with Crippen LogP contribution in [0.3, 0.4) is 0 Å². The number of hydrogen-bond donors (Lipinski definition) is 2. The molecule has 19 heavy (non-hydrogen) atoms. The Balaban J connectivity index is 2.54.